The van der Waals surface area contributed by atoms with Gasteiger partial charge in [-0.05, 0) is 17.7 Å². The van der Waals surface area contributed by atoms with Gasteiger partial charge in [-0.15, -0.1) is 12.4 Å². The number of rotatable bonds is 4. The van der Waals surface area contributed by atoms with Gasteiger partial charge in [0.25, 0.3) is 0 Å². The Kier molecular flexibility index (Phi) is 5.99. The molecule has 2 aliphatic rings. The van der Waals surface area contributed by atoms with Crippen LogP contribution >= 0.6 is 12.4 Å². The first-order valence-corrected chi connectivity index (χ1v) is 9.88. The molecule has 0 spiro atoms. The molecule has 0 N–H and O–H groups in total. The predicted molar refractivity (Wildman–Crippen MR) is 95.8 cm³/mol. The van der Waals surface area contributed by atoms with Crippen molar-refractivity contribution >= 4 is 34.1 Å². The molecule has 1 aromatic carbocycles. The largest absolute Gasteiger partial charge is 0.468 e. The second-order valence-corrected chi connectivity index (χ2v) is 8.74. The minimum absolute atomic E-state index is 0. The number of nitrogens with zero attached hydrogens (tertiary/aromatic N) is 1. The summed E-state index contributed by atoms with van der Waals surface area (Å²) >= 11 is 0. The van der Waals surface area contributed by atoms with Crippen LogP contribution in [0.25, 0.3) is 0 Å². The summed E-state index contributed by atoms with van der Waals surface area (Å²) in [4.78, 5) is 26.7. The lowest BCUT2D eigenvalue weighted by atomic mass is 9.81. The van der Waals surface area contributed by atoms with E-state index in [1.54, 1.807) is 17.0 Å². The molecule has 26 heavy (non-hydrogen) atoms. The van der Waals surface area contributed by atoms with E-state index in [0.29, 0.717) is 19.7 Å². The highest BCUT2D eigenvalue weighted by Crippen LogP contribution is 2.42. The van der Waals surface area contributed by atoms with Crippen LogP contribution in [0, 0.1) is 11.3 Å². The fourth-order valence-electron chi connectivity index (χ4n) is 3.56. The molecule has 1 aromatic rings. The topological polar surface area (TPSA) is 90.0 Å². The number of hydrogen-bond acceptors (Lipinski definition) is 6. The number of esters is 1. The van der Waals surface area contributed by atoms with E-state index in [2.05, 4.69) is 0 Å². The summed E-state index contributed by atoms with van der Waals surface area (Å²) in [6, 6.07) is 6.29. The fourth-order valence-corrected chi connectivity index (χ4v) is 4.19. The molecule has 144 valence electrons. The number of benzene rings is 1. The second kappa shape index (κ2) is 7.54. The van der Waals surface area contributed by atoms with Gasteiger partial charge in [0.05, 0.1) is 31.6 Å². The molecular formula is C17H22ClNO6S. The molecule has 0 radical (unpaired) electrons. The summed E-state index contributed by atoms with van der Waals surface area (Å²) in [6.07, 6.45) is 1.30. The van der Waals surface area contributed by atoms with Gasteiger partial charge in [-0.2, -0.15) is 0 Å². The molecule has 0 aromatic heterocycles. The smallest absolute Gasteiger partial charge is 0.316 e. The van der Waals surface area contributed by atoms with Crippen LogP contribution < -0.4 is 0 Å². The Morgan fingerprint density at radius 2 is 1.96 bits per heavy atom. The van der Waals surface area contributed by atoms with Crippen molar-refractivity contribution in [3.8, 4) is 0 Å². The summed E-state index contributed by atoms with van der Waals surface area (Å²) in [7, 11) is -1.91. The molecule has 1 amide bonds. The van der Waals surface area contributed by atoms with Gasteiger partial charge in [0.1, 0.15) is 5.41 Å². The van der Waals surface area contributed by atoms with E-state index in [9.17, 15) is 18.0 Å². The van der Waals surface area contributed by atoms with Crippen molar-refractivity contribution < 1.29 is 27.5 Å². The lowest BCUT2D eigenvalue weighted by Gasteiger charge is -2.23. The van der Waals surface area contributed by atoms with Crippen molar-refractivity contribution in [3.05, 3.63) is 29.8 Å². The molecule has 0 unspecified atom stereocenters. The molecule has 2 fully saturated rings. The zero-order valence-electron chi connectivity index (χ0n) is 14.6. The minimum Gasteiger partial charge on any atom is -0.468 e. The first-order valence-electron chi connectivity index (χ1n) is 7.99. The predicted octanol–water partition coefficient (Wildman–Crippen LogP) is 0.702. The van der Waals surface area contributed by atoms with Gasteiger partial charge in [-0.3, -0.25) is 9.59 Å². The quantitative estimate of drug-likeness (QED) is 0.687. The number of carbonyl (C=O) groups excluding carboxylic acids is 2. The maximum atomic E-state index is 12.6. The lowest BCUT2D eigenvalue weighted by Crippen LogP contribution is -2.41. The van der Waals surface area contributed by atoms with Crippen molar-refractivity contribution in [2.45, 2.75) is 11.3 Å². The van der Waals surface area contributed by atoms with Gasteiger partial charge in [-0.25, -0.2) is 8.42 Å². The summed E-state index contributed by atoms with van der Waals surface area (Å²) in [5.74, 6) is -0.468. The van der Waals surface area contributed by atoms with Crippen molar-refractivity contribution in [3.63, 3.8) is 0 Å². The molecule has 2 atom stereocenters. The van der Waals surface area contributed by atoms with Crippen molar-refractivity contribution in [2.24, 2.45) is 11.3 Å². The number of methoxy groups -OCH3 is 1. The SMILES string of the molecule is COC(=O)[C@@]12COC[C@@H]1CN(C(=O)Cc1ccc(S(C)(=O)=O)cc1)C2.Cl. The Labute approximate surface area is 159 Å². The normalized spacial score (nSPS) is 24.7. The van der Waals surface area contributed by atoms with Gasteiger partial charge < -0.3 is 14.4 Å². The van der Waals surface area contributed by atoms with Gasteiger partial charge >= 0.3 is 5.97 Å². The zero-order chi connectivity index (χ0) is 18.2. The van der Waals surface area contributed by atoms with Crippen molar-refractivity contribution in [2.75, 3.05) is 39.7 Å². The highest BCUT2D eigenvalue weighted by molar-refractivity contribution is 7.90. The third kappa shape index (κ3) is 3.72. The molecule has 2 saturated heterocycles. The fraction of sp³-hybridized carbons (Fsp3) is 0.529. The molecular weight excluding hydrogens is 382 g/mol. The summed E-state index contributed by atoms with van der Waals surface area (Å²) in [5, 5.41) is 0. The third-order valence-electron chi connectivity index (χ3n) is 5.03. The summed E-state index contributed by atoms with van der Waals surface area (Å²) in [6.45, 7) is 1.49. The van der Waals surface area contributed by atoms with E-state index >= 15 is 0 Å². The molecule has 0 saturated carbocycles. The molecule has 7 nitrogen and oxygen atoms in total. The molecule has 3 rings (SSSR count). The van der Waals surface area contributed by atoms with Crippen LogP contribution in [0.15, 0.2) is 29.2 Å². The van der Waals surface area contributed by atoms with Gasteiger partial charge in [0.15, 0.2) is 9.84 Å². The minimum atomic E-state index is -3.26. The first kappa shape index (κ1) is 20.7. The Morgan fingerprint density at radius 1 is 1.31 bits per heavy atom. The lowest BCUT2D eigenvalue weighted by molar-refractivity contribution is -0.153. The van der Waals surface area contributed by atoms with Crippen molar-refractivity contribution in [1.82, 2.24) is 4.90 Å². The maximum Gasteiger partial charge on any atom is 0.316 e. The Bertz CT molecular complexity index is 794. The number of amides is 1. The number of fused-ring (bicyclic) bond motifs is 1. The molecule has 0 aliphatic carbocycles. The van der Waals surface area contributed by atoms with E-state index in [1.807, 2.05) is 0 Å². The number of halogens is 1. The first-order chi connectivity index (χ1) is 11.8. The van der Waals surface area contributed by atoms with Crippen LogP contribution in [0.2, 0.25) is 0 Å². The Morgan fingerprint density at radius 3 is 2.54 bits per heavy atom. The molecule has 9 heteroatoms. The average Bonchev–Trinajstić information content (AvgIpc) is 3.11. The van der Waals surface area contributed by atoms with E-state index in [4.69, 9.17) is 9.47 Å². The van der Waals surface area contributed by atoms with Crippen LogP contribution in [-0.2, 0) is 35.3 Å². The van der Waals surface area contributed by atoms with E-state index in [1.165, 1.54) is 19.2 Å². The standard InChI is InChI=1S/C17H21NO6S.ClH/c1-23-16(20)17-10-18(8-13(17)9-24-11-17)15(19)7-12-3-5-14(6-4-12)25(2,21)22;/h3-6,13H,7-11H2,1-2H3;1H/t13-,17-;/m0./s1. The number of sulfone groups is 1. The zero-order valence-corrected chi connectivity index (χ0v) is 16.3. The highest BCUT2D eigenvalue weighted by atomic mass is 35.5. The van der Waals surface area contributed by atoms with Crippen LogP contribution in [0.1, 0.15) is 5.56 Å². The number of carbonyl (C=O) groups is 2. The highest BCUT2D eigenvalue weighted by Gasteiger charge is 2.57. The second-order valence-electron chi connectivity index (χ2n) is 6.73. The molecule has 2 heterocycles. The number of ether oxygens (including phenoxy) is 2. The van der Waals surface area contributed by atoms with E-state index < -0.39 is 15.3 Å². The van der Waals surface area contributed by atoms with Crippen molar-refractivity contribution in [1.29, 1.82) is 0 Å². The number of likely N-dealkylation sites (tertiary alicyclic amines) is 1. The van der Waals surface area contributed by atoms with Gasteiger partial charge in [0, 0.05) is 25.3 Å². The Hall–Kier alpha value is -1.64. The van der Waals surface area contributed by atoms with Gasteiger partial charge in [-0.1, -0.05) is 12.1 Å². The van der Waals surface area contributed by atoms with Gasteiger partial charge in [0.2, 0.25) is 5.91 Å². The monoisotopic (exact) mass is 403 g/mol. The number of hydrogen-bond donors (Lipinski definition) is 0. The summed E-state index contributed by atoms with van der Waals surface area (Å²) < 4.78 is 33.3. The van der Waals surface area contributed by atoms with Crippen LogP contribution in [0.3, 0.4) is 0 Å². The van der Waals surface area contributed by atoms with E-state index in [0.717, 1.165) is 11.8 Å². The van der Waals surface area contributed by atoms with Crippen LogP contribution in [0.4, 0.5) is 0 Å². The van der Waals surface area contributed by atoms with E-state index in [-0.39, 0.29) is 48.1 Å². The summed E-state index contributed by atoms with van der Waals surface area (Å²) in [5.41, 5.74) is -0.0253. The maximum absolute atomic E-state index is 12.6. The Balaban J connectivity index is 0.00000243. The molecule has 2 aliphatic heterocycles. The third-order valence-corrected chi connectivity index (χ3v) is 6.15. The molecule has 0 bridgehead atoms. The average molecular weight is 404 g/mol. The van der Waals surface area contributed by atoms with Crippen LogP contribution in [0.5, 0.6) is 0 Å². The van der Waals surface area contributed by atoms with Crippen LogP contribution in [-0.4, -0.2) is 64.9 Å².